The van der Waals surface area contributed by atoms with Gasteiger partial charge in [0.1, 0.15) is 0 Å². The predicted molar refractivity (Wildman–Crippen MR) is 103 cm³/mol. The largest absolute Gasteiger partial charge is 0.444 e. The van der Waals surface area contributed by atoms with Crippen molar-refractivity contribution in [2.24, 2.45) is 0 Å². The first kappa shape index (κ1) is 18.2. The molecule has 0 aliphatic rings. The number of sulfonamides is 1. The summed E-state index contributed by atoms with van der Waals surface area (Å²) in [7, 11) is -3.72. The van der Waals surface area contributed by atoms with Gasteiger partial charge in [0.15, 0.2) is 10.4 Å². The molecular weight excluding hydrogens is 420 g/mol. The molecular formula is C18H15BrN2O4S. The third-order valence-corrected chi connectivity index (χ3v) is 5.42. The van der Waals surface area contributed by atoms with Crippen LogP contribution in [0, 0.1) is 6.92 Å². The van der Waals surface area contributed by atoms with Gasteiger partial charge in [0.2, 0.25) is 0 Å². The summed E-state index contributed by atoms with van der Waals surface area (Å²) in [6.07, 6.45) is 0. The summed E-state index contributed by atoms with van der Waals surface area (Å²) in [4.78, 5) is 12.1. The molecule has 3 aromatic rings. The van der Waals surface area contributed by atoms with E-state index in [-0.39, 0.29) is 10.7 Å². The lowest BCUT2D eigenvalue weighted by Crippen LogP contribution is -2.14. The van der Waals surface area contributed by atoms with Crippen LogP contribution in [0.2, 0.25) is 0 Å². The molecule has 0 aliphatic heterocycles. The van der Waals surface area contributed by atoms with Crippen molar-refractivity contribution in [1.82, 2.24) is 0 Å². The Kier molecular flexibility index (Phi) is 5.15. The summed E-state index contributed by atoms with van der Waals surface area (Å²) in [5.74, 6) is -0.279. The molecule has 0 unspecified atom stereocenters. The monoisotopic (exact) mass is 434 g/mol. The van der Waals surface area contributed by atoms with Crippen molar-refractivity contribution in [3.8, 4) is 0 Å². The van der Waals surface area contributed by atoms with Gasteiger partial charge in [-0.1, -0.05) is 18.2 Å². The molecule has 1 heterocycles. The second-order valence-electron chi connectivity index (χ2n) is 5.50. The van der Waals surface area contributed by atoms with Gasteiger partial charge in [-0.25, -0.2) is 8.42 Å². The molecule has 1 amide bonds. The van der Waals surface area contributed by atoms with E-state index in [1.54, 1.807) is 18.2 Å². The summed E-state index contributed by atoms with van der Waals surface area (Å²) in [6.45, 7) is 1.82. The minimum absolute atomic E-state index is 0.0968. The number of carbonyl (C=O) groups excluding carboxylic acids is 1. The summed E-state index contributed by atoms with van der Waals surface area (Å²) in [5, 5.41) is 2.64. The van der Waals surface area contributed by atoms with E-state index in [4.69, 9.17) is 4.42 Å². The molecule has 3 rings (SSSR count). The number of halogens is 1. The Morgan fingerprint density at radius 3 is 2.31 bits per heavy atom. The van der Waals surface area contributed by atoms with Gasteiger partial charge in [-0.15, -0.1) is 0 Å². The Labute approximate surface area is 159 Å². The Bertz CT molecular complexity index is 1040. The van der Waals surface area contributed by atoms with Crippen LogP contribution in [0.15, 0.2) is 74.6 Å². The molecule has 0 spiro atoms. The van der Waals surface area contributed by atoms with Gasteiger partial charge in [0.25, 0.3) is 15.9 Å². The highest BCUT2D eigenvalue weighted by molar-refractivity contribution is 9.10. The molecule has 0 saturated heterocycles. The smallest absolute Gasteiger partial charge is 0.291 e. The number of para-hydroxylation sites is 1. The summed E-state index contributed by atoms with van der Waals surface area (Å²) in [6, 6.07) is 16.1. The SMILES string of the molecule is Cc1ccccc1NS(=O)(=O)c1ccc(NC(=O)c2ccc(Br)o2)cc1. The number of anilines is 2. The zero-order valence-electron chi connectivity index (χ0n) is 13.7. The van der Waals surface area contributed by atoms with E-state index in [1.165, 1.54) is 30.3 Å². The normalized spacial score (nSPS) is 11.2. The van der Waals surface area contributed by atoms with Crippen LogP contribution in [-0.4, -0.2) is 14.3 Å². The summed E-state index contributed by atoms with van der Waals surface area (Å²) < 4.78 is 33.2. The average Bonchev–Trinajstić information content (AvgIpc) is 3.04. The zero-order chi connectivity index (χ0) is 18.7. The second-order valence-corrected chi connectivity index (χ2v) is 7.97. The van der Waals surface area contributed by atoms with Crippen LogP contribution in [0.5, 0.6) is 0 Å². The number of rotatable bonds is 5. The molecule has 0 bridgehead atoms. The Hall–Kier alpha value is -2.58. The number of aryl methyl sites for hydroxylation is 1. The van der Waals surface area contributed by atoms with E-state index < -0.39 is 15.9 Å². The molecule has 2 N–H and O–H groups in total. The van der Waals surface area contributed by atoms with E-state index in [0.717, 1.165) is 5.56 Å². The highest BCUT2D eigenvalue weighted by atomic mass is 79.9. The van der Waals surface area contributed by atoms with E-state index in [2.05, 4.69) is 26.0 Å². The van der Waals surface area contributed by atoms with Crippen molar-refractivity contribution in [3.63, 3.8) is 0 Å². The number of amides is 1. The van der Waals surface area contributed by atoms with Gasteiger partial charge in [0.05, 0.1) is 10.6 Å². The Morgan fingerprint density at radius 2 is 1.69 bits per heavy atom. The number of hydrogen-bond acceptors (Lipinski definition) is 4. The number of benzene rings is 2. The molecule has 0 saturated carbocycles. The molecule has 0 fully saturated rings. The van der Waals surface area contributed by atoms with Crippen molar-refractivity contribution >= 4 is 43.2 Å². The van der Waals surface area contributed by atoms with Gasteiger partial charge in [-0.05, 0) is 70.9 Å². The first-order valence-corrected chi connectivity index (χ1v) is 9.88. The summed E-state index contributed by atoms with van der Waals surface area (Å²) in [5.41, 5.74) is 1.80. The maximum absolute atomic E-state index is 12.5. The molecule has 8 heteroatoms. The predicted octanol–water partition coefficient (Wildman–Crippen LogP) is 4.40. The van der Waals surface area contributed by atoms with Gasteiger partial charge in [-0.3, -0.25) is 9.52 Å². The van der Waals surface area contributed by atoms with Crippen molar-refractivity contribution in [1.29, 1.82) is 0 Å². The topological polar surface area (TPSA) is 88.4 Å². The standard InChI is InChI=1S/C18H15BrN2O4S/c1-12-4-2-3-5-15(12)21-26(23,24)14-8-6-13(7-9-14)20-18(22)16-10-11-17(19)25-16/h2-11,21H,1H3,(H,20,22). The molecule has 0 atom stereocenters. The lowest BCUT2D eigenvalue weighted by atomic mass is 10.2. The first-order chi connectivity index (χ1) is 12.3. The van der Waals surface area contributed by atoms with Crippen molar-refractivity contribution in [2.75, 3.05) is 10.0 Å². The van der Waals surface area contributed by atoms with Crippen molar-refractivity contribution in [3.05, 3.63) is 76.7 Å². The third kappa shape index (κ3) is 4.14. The van der Waals surface area contributed by atoms with Crippen molar-refractivity contribution in [2.45, 2.75) is 11.8 Å². The van der Waals surface area contributed by atoms with Gasteiger partial charge in [0, 0.05) is 5.69 Å². The second kappa shape index (κ2) is 7.35. The quantitative estimate of drug-likeness (QED) is 0.622. The number of furan rings is 1. The minimum Gasteiger partial charge on any atom is -0.444 e. The molecule has 0 aliphatic carbocycles. The molecule has 0 radical (unpaired) electrons. The average molecular weight is 435 g/mol. The van der Waals surface area contributed by atoms with Crippen LogP contribution in [0.3, 0.4) is 0 Å². The van der Waals surface area contributed by atoms with E-state index >= 15 is 0 Å². The number of hydrogen-bond donors (Lipinski definition) is 2. The van der Waals surface area contributed by atoms with E-state index in [9.17, 15) is 13.2 Å². The molecule has 1 aromatic heterocycles. The van der Waals surface area contributed by atoms with Gasteiger partial charge < -0.3 is 9.73 Å². The fourth-order valence-electron chi connectivity index (χ4n) is 2.24. The summed E-state index contributed by atoms with van der Waals surface area (Å²) >= 11 is 3.13. The lowest BCUT2D eigenvalue weighted by Gasteiger charge is -2.11. The van der Waals surface area contributed by atoms with Crippen molar-refractivity contribution < 1.29 is 17.6 Å². The maximum atomic E-state index is 12.5. The molecule has 134 valence electrons. The zero-order valence-corrected chi connectivity index (χ0v) is 16.1. The lowest BCUT2D eigenvalue weighted by molar-refractivity contribution is 0.0995. The van der Waals surface area contributed by atoms with Crippen LogP contribution < -0.4 is 10.0 Å². The Balaban J connectivity index is 1.74. The third-order valence-electron chi connectivity index (χ3n) is 3.61. The van der Waals surface area contributed by atoms with Crippen LogP contribution in [0.25, 0.3) is 0 Å². The fraction of sp³-hybridized carbons (Fsp3) is 0.0556. The fourth-order valence-corrected chi connectivity index (χ4v) is 3.67. The molecule has 6 nitrogen and oxygen atoms in total. The maximum Gasteiger partial charge on any atom is 0.291 e. The number of nitrogens with one attached hydrogen (secondary N) is 2. The van der Waals surface area contributed by atoms with E-state index in [1.807, 2.05) is 19.1 Å². The van der Waals surface area contributed by atoms with Crippen LogP contribution >= 0.6 is 15.9 Å². The van der Waals surface area contributed by atoms with Crippen LogP contribution in [0.1, 0.15) is 16.1 Å². The number of carbonyl (C=O) groups is 1. The van der Waals surface area contributed by atoms with Gasteiger partial charge in [-0.2, -0.15) is 0 Å². The molecule has 2 aromatic carbocycles. The first-order valence-electron chi connectivity index (χ1n) is 7.60. The van der Waals surface area contributed by atoms with Gasteiger partial charge >= 0.3 is 0 Å². The van der Waals surface area contributed by atoms with Crippen LogP contribution in [-0.2, 0) is 10.0 Å². The van der Waals surface area contributed by atoms with E-state index in [0.29, 0.717) is 16.0 Å². The highest BCUT2D eigenvalue weighted by Gasteiger charge is 2.16. The van der Waals surface area contributed by atoms with Crippen LogP contribution in [0.4, 0.5) is 11.4 Å². The minimum atomic E-state index is -3.72. The molecule has 26 heavy (non-hydrogen) atoms. The Morgan fingerprint density at radius 1 is 1.00 bits per heavy atom. The highest BCUT2D eigenvalue weighted by Crippen LogP contribution is 2.21.